The van der Waals surface area contributed by atoms with Crippen LogP contribution in [0.5, 0.6) is 5.75 Å². The Balaban J connectivity index is 1.73. The molecule has 2 N–H and O–H groups in total. The second-order valence-electron chi connectivity index (χ2n) is 11.2. The monoisotopic (exact) mass is 550 g/mol. The van der Waals surface area contributed by atoms with Gasteiger partial charge in [0.25, 0.3) is 10.0 Å². The molecule has 0 atom stereocenters. The van der Waals surface area contributed by atoms with Gasteiger partial charge in [0.05, 0.1) is 11.5 Å². The van der Waals surface area contributed by atoms with Gasteiger partial charge in [-0.15, -0.1) is 0 Å². The highest BCUT2D eigenvalue weighted by molar-refractivity contribution is 7.92. The fraction of sp³-hybridized carbons (Fsp3) is 0.455. The molecule has 0 amide bonds. The number of hydrogen-bond donors (Lipinski definition) is 2. The Labute approximate surface area is 236 Å². The van der Waals surface area contributed by atoms with Crippen molar-refractivity contribution in [1.29, 1.82) is 0 Å². The molecule has 0 bridgehead atoms. The summed E-state index contributed by atoms with van der Waals surface area (Å²) in [6, 6.07) is 19.4. The van der Waals surface area contributed by atoms with Gasteiger partial charge in [0.1, 0.15) is 5.75 Å². The molecule has 0 aliphatic rings. The number of ether oxygens (including phenoxy) is 1. The number of benzene rings is 3. The van der Waals surface area contributed by atoms with Crippen LogP contribution in [0.4, 0.5) is 17.1 Å². The van der Waals surface area contributed by atoms with E-state index in [4.69, 9.17) is 4.74 Å². The molecule has 6 heteroatoms. The Kier molecular flexibility index (Phi) is 10.9. The van der Waals surface area contributed by atoms with Crippen LogP contribution in [0.1, 0.15) is 109 Å². The molecule has 0 aromatic heterocycles. The molecule has 212 valence electrons. The van der Waals surface area contributed by atoms with Crippen LogP contribution >= 0.6 is 0 Å². The van der Waals surface area contributed by atoms with Gasteiger partial charge < -0.3 is 10.1 Å². The second kappa shape index (κ2) is 13.9. The minimum Gasteiger partial charge on any atom is -0.494 e. The summed E-state index contributed by atoms with van der Waals surface area (Å²) < 4.78 is 36.1. The first-order valence-corrected chi connectivity index (χ1v) is 15.8. The van der Waals surface area contributed by atoms with Crippen molar-refractivity contribution < 1.29 is 13.2 Å². The van der Waals surface area contributed by atoms with Crippen LogP contribution in [0.25, 0.3) is 0 Å². The summed E-state index contributed by atoms with van der Waals surface area (Å²) in [5, 5.41) is 3.37. The summed E-state index contributed by atoms with van der Waals surface area (Å²) in [7, 11) is -3.78. The van der Waals surface area contributed by atoms with Gasteiger partial charge in [-0.3, -0.25) is 4.72 Å². The second-order valence-corrected chi connectivity index (χ2v) is 12.9. The zero-order valence-corrected chi connectivity index (χ0v) is 25.5. The van der Waals surface area contributed by atoms with Gasteiger partial charge in [-0.1, -0.05) is 79.9 Å². The van der Waals surface area contributed by atoms with E-state index in [-0.39, 0.29) is 11.8 Å². The lowest BCUT2D eigenvalue weighted by molar-refractivity contribution is 0.305. The lowest BCUT2D eigenvalue weighted by Crippen LogP contribution is -2.19. The van der Waals surface area contributed by atoms with Crippen molar-refractivity contribution in [3.8, 4) is 5.75 Å². The molecule has 0 saturated heterocycles. The van der Waals surface area contributed by atoms with Crippen LogP contribution in [0, 0.1) is 0 Å². The highest BCUT2D eigenvalue weighted by atomic mass is 32.2. The smallest absolute Gasteiger partial charge is 0.262 e. The maximum atomic E-state index is 13.7. The summed E-state index contributed by atoms with van der Waals surface area (Å²) in [5.74, 6) is 1.35. The summed E-state index contributed by atoms with van der Waals surface area (Å²) in [5.41, 5.74) is 5.24. The predicted molar refractivity (Wildman–Crippen MR) is 165 cm³/mol. The minimum atomic E-state index is -3.78. The first-order valence-electron chi connectivity index (χ1n) is 14.3. The van der Waals surface area contributed by atoms with Crippen molar-refractivity contribution >= 4 is 27.1 Å². The van der Waals surface area contributed by atoms with Crippen LogP contribution in [-0.2, 0) is 10.0 Å². The van der Waals surface area contributed by atoms with Crippen molar-refractivity contribution in [2.45, 2.75) is 96.8 Å². The molecule has 0 radical (unpaired) electrons. The summed E-state index contributed by atoms with van der Waals surface area (Å²) >= 11 is 0. The van der Waals surface area contributed by atoms with E-state index in [1.165, 1.54) is 24.8 Å². The van der Waals surface area contributed by atoms with E-state index >= 15 is 0 Å². The molecule has 0 unspecified atom stereocenters. The number of unbranched alkanes of at least 4 members (excludes halogenated alkanes) is 3. The molecular weight excluding hydrogens is 504 g/mol. The van der Waals surface area contributed by atoms with E-state index in [1.807, 2.05) is 36.4 Å². The van der Waals surface area contributed by atoms with Crippen molar-refractivity contribution in [1.82, 2.24) is 0 Å². The number of anilines is 3. The molecule has 39 heavy (non-hydrogen) atoms. The Bertz CT molecular complexity index is 1270. The minimum absolute atomic E-state index is 0.0807. The highest BCUT2D eigenvalue weighted by Gasteiger charge is 2.27. The molecule has 0 saturated carbocycles. The standard InChI is InChI=1S/C33H46N2O3S/c1-8-9-10-11-20-38-30-18-16-28(17-19-30)34-27-12-14-29(15-13-27)35-39(36,37)33-31(24(4)5)21-26(23(2)3)22-32(33)25(6)7/h12-19,21-25,34-35H,8-11,20H2,1-7H3. The van der Waals surface area contributed by atoms with Crippen molar-refractivity contribution in [3.63, 3.8) is 0 Å². The zero-order valence-electron chi connectivity index (χ0n) is 24.7. The first-order chi connectivity index (χ1) is 18.5. The highest BCUT2D eigenvalue weighted by Crippen LogP contribution is 2.36. The lowest BCUT2D eigenvalue weighted by Gasteiger charge is -2.23. The molecule has 0 heterocycles. The number of sulfonamides is 1. The van der Waals surface area contributed by atoms with Gasteiger partial charge in [0.2, 0.25) is 0 Å². The molecule has 0 aliphatic heterocycles. The summed E-state index contributed by atoms with van der Waals surface area (Å²) in [6.07, 6.45) is 4.74. The average Bonchev–Trinajstić information content (AvgIpc) is 2.89. The Morgan fingerprint density at radius 2 is 1.21 bits per heavy atom. The van der Waals surface area contributed by atoms with Gasteiger partial charge in [0.15, 0.2) is 0 Å². The third-order valence-electron chi connectivity index (χ3n) is 6.89. The Morgan fingerprint density at radius 1 is 0.692 bits per heavy atom. The maximum absolute atomic E-state index is 13.7. The van der Waals surface area contributed by atoms with Crippen LogP contribution in [0.2, 0.25) is 0 Å². The van der Waals surface area contributed by atoms with Gasteiger partial charge in [-0.05, 0) is 89.4 Å². The van der Waals surface area contributed by atoms with Crippen molar-refractivity contribution in [2.24, 2.45) is 0 Å². The maximum Gasteiger partial charge on any atom is 0.262 e. The SMILES string of the molecule is CCCCCCOc1ccc(Nc2ccc(NS(=O)(=O)c3c(C(C)C)cc(C(C)C)cc3C(C)C)cc2)cc1. The summed E-state index contributed by atoms with van der Waals surface area (Å²) in [4.78, 5) is 0.409. The molecule has 3 aromatic carbocycles. The Hall–Kier alpha value is -2.99. The molecular formula is C33H46N2O3S. The first kappa shape index (κ1) is 30.6. The predicted octanol–water partition coefficient (Wildman–Crippen LogP) is 9.56. The topological polar surface area (TPSA) is 67.4 Å². The molecule has 3 rings (SSSR count). The van der Waals surface area contributed by atoms with Crippen LogP contribution in [0.15, 0.2) is 65.6 Å². The molecule has 0 fully saturated rings. The van der Waals surface area contributed by atoms with E-state index < -0.39 is 10.0 Å². The van der Waals surface area contributed by atoms with Crippen LogP contribution < -0.4 is 14.8 Å². The van der Waals surface area contributed by atoms with Crippen molar-refractivity contribution in [2.75, 3.05) is 16.6 Å². The third-order valence-corrected chi connectivity index (χ3v) is 8.41. The van der Waals surface area contributed by atoms with E-state index in [1.54, 1.807) is 12.1 Å². The fourth-order valence-corrected chi connectivity index (χ4v) is 6.31. The van der Waals surface area contributed by atoms with E-state index in [9.17, 15) is 8.42 Å². The Morgan fingerprint density at radius 3 is 1.69 bits per heavy atom. The fourth-order valence-electron chi connectivity index (χ4n) is 4.55. The molecule has 3 aromatic rings. The molecule has 5 nitrogen and oxygen atoms in total. The van der Waals surface area contributed by atoms with Gasteiger partial charge in [-0.2, -0.15) is 0 Å². The normalized spacial score (nSPS) is 11.8. The van der Waals surface area contributed by atoms with Gasteiger partial charge >= 0.3 is 0 Å². The number of hydrogen-bond acceptors (Lipinski definition) is 4. The number of rotatable bonds is 14. The van der Waals surface area contributed by atoms with E-state index in [2.05, 4.69) is 70.6 Å². The van der Waals surface area contributed by atoms with E-state index in [0.717, 1.165) is 41.3 Å². The van der Waals surface area contributed by atoms with Crippen molar-refractivity contribution in [3.05, 3.63) is 77.4 Å². The molecule has 0 aliphatic carbocycles. The van der Waals surface area contributed by atoms with Gasteiger partial charge in [0, 0.05) is 17.1 Å². The largest absolute Gasteiger partial charge is 0.494 e. The number of nitrogens with one attached hydrogen (secondary N) is 2. The molecule has 0 spiro atoms. The van der Waals surface area contributed by atoms with Gasteiger partial charge in [-0.25, -0.2) is 8.42 Å². The quantitative estimate of drug-likeness (QED) is 0.196. The third kappa shape index (κ3) is 8.50. The average molecular weight is 551 g/mol. The zero-order chi connectivity index (χ0) is 28.6. The summed E-state index contributed by atoms with van der Waals surface area (Å²) in [6.45, 7) is 15.4. The van der Waals surface area contributed by atoms with Crippen LogP contribution in [0.3, 0.4) is 0 Å². The van der Waals surface area contributed by atoms with E-state index in [0.29, 0.717) is 16.5 Å². The van der Waals surface area contributed by atoms with Crippen LogP contribution in [-0.4, -0.2) is 15.0 Å². The lowest BCUT2D eigenvalue weighted by atomic mass is 9.89.